The molecule has 0 rings (SSSR count). The van der Waals surface area contributed by atoms with Crippen molar-refractivity contribution in [3.05, 3.63) is 12.2 Å². The zero-order chi connectivity index (χ0) is 35.9. The molecule has 3 atom stereocenters. The molecule has 0 aromatic rings. The molecule has 0 fully saturated rings. The molecule has 0 aliphatic heterocycles. The molecular weight excluding hydrogens is 606 g/mol. The molecule has 0 radical (unpaired) electrons. The highest BCUT2D eigenvalue weighted by Crippen LogP contribution is 2.16. The third kappa shape index (κ3) is 35.3. The van der Waals surface area contributed by atoms with E-state index < -0.39 is 24.2 Å². The molecule has 4 N–H and O–H groups in total. The van der Waals surface area contributed by atoms with Gasteiger partial charge in [0.15, 0.2) is 0 Å². The highest BCUT2D eigenvalue weighted by atomic mass is 16.3. The zero-order valence-electron chi connectivity index (χ0n) is 33.1. The maximum atomic E-state index is 12.4. The second kappa shape index (κ2) is 39.9. The van der Waals surface area contributed by atoms with Crippen LogP contribution < -0.4 is 5.32 Å². The van der Waals surface area contributed by atoms with Gasteiger partial charge < -0.3 is 20.6 Å². The fourth-order valence-electron chi connectivity index (χ4n) is 6.89. The van der Waals surface area contributed by atoms with Crippen molar-refractivity contribution in [2.45, 2.75) is 257 Å². The minimum Gasteiger partial charge on any atom is -0.394 e. The van der Waals surface area contributed by atoms with Crippen molar-refractivity contribution in [2.24, 2.45) is 0 Å². The van der Waals surface area contributed by atoms with Gasteiger partial charge in [0.2, 0.25) is 5.91 Å². The molecule has 0 aromatic carbocycles. The molecule has 0 aliphatic carbocycles. The molecule has 0 aromatic heterocycles. The lowest BCUT2D eigenvalue weighted by molar-refractivity contribution is -0.131. The molecule has 0 heterocycles. The van der Waals surface area contributed by atoms with Crippen molar-refractivity contribution in [2.75, 3.05) is 6.61 Å². The van der Waals surface area contributed by atoms with E-state index in [0.717, 1.165) is 32.1 Å². The Kier molecular flexibility index (Phi) is 39.1. The molecular formula is C44H87NO4. The number of unbranched alkanes of at least 4 members (excludes halogenated alkanes) is 32. The topological polar surface area (TPSA) is 89.8 Å². The van der Waals surface area contributed by atoms with Crippen LogP contribution in [0.3, 0.4) is 0 Å². The van der Waals surface area contributed by atoms with E-state index in [9.17, 15) is 20.1 Å². The van der Waals surface area contributed by atoms with Crippen LogP contribution in [0.1, 0.15) is 239 Å². The third-order valence-corrected chi connectivity index (χ3v) is 10.4. The summed E-state index contributed by atoms with van der Waals surface area (Å²) in [7, 11) is 0. The van der Waals surface area contributed by atoms with Gasteiger partial charge in [-0.3, -0.25) is 4.79 Å². The van der Waals surface area contributed by atoms with Gasteiger partial charge in [0.25, 0.3) is 0 Å². The van der Waals surface area contributed by atoms with Crippen LogP contribution in [0.2, 0.25) is 0 Å². The first-order valence-electron chi connectivity index (χ1n) is 22.0. The average molecular weight is 694 g/mol. The van der Waals surface area contributed by atoms with E-state index in [1.165, 1.54) is 186 Å². The Morgan fingerprint density at radius 1 is 0.490 bits per heavy atom. The normalized spacial score (nSPS) is 13.7. The number of hydrogen-bond acceptors (Lipinski definition) is 4. The van der Waals surface area contributed by atoms with Gasteiger partial charge in [0.05, 0.1) is 18.8 Å². The van der Waals surface area contributed by atoms with Gasteiger partial charge in [0.1, 0.15) is 6.10 Å². The molecule has 0 saturated carbocycles. The summed E-state index contributed by atoms with van der Waals surface area (Å²) in [6, 6.07) is -0.791. The summed E-state index contributed by atoms with van der Waals surface area (Å²) >= 11 is 0. The fourth-order valence-corrected chi connectivity index (χ4v) is 6.89. The molecule has 5 nitrogen and oxygen atoms in total. The number of nitrogens with one attached hydrogen (secondary N) is 1. The van der Waals surface area contributed by atoms with E-state index in [-0.39, 0.29) is 6.61 Å². The first kappa shape index (κ1) is 48.1. The van der Waals surface area contributed by atoms with Crippen LogP contribution in [0.5, 0.6) is 0 Å². The van der Waals surface area contributed by atoms with Gasteiger partial charge in [-0.1, -0.05) is 231 Å². The molecule has 3 unspecified atom stereocenters. The van der Waals surface area contributed by atoms with E-state index in [1.54, 1.807) is 6.08 Å². The summed E-state index contributed by atoms with van der Waals surface area (Å²) in [6.45, 7) is 4.17. The molecule has 292 valence electrons. The van der Waals surface area contributed by atoms with Gasteiger partial charge >= 0.3 is 0 Å². The van der Waals surface area contributed by atoms with Crippen molar-refractivity contribution >= 4 is 5.91 Å². The summed E-state index contributed by atoms with van der Waals surface area (Å²) in [5, 5.41) is 33.0. The van der Waals surface area contributed by atoms with Crippen LogP contribution in [-0.4, -0.2) is 46.1 Å². The Balaban J connectivity index is 3.53. The van der Waals surface area contributed by atoms with Gasteiger partial charge in [-0.25, -0.2) is 0 Å². The second-order valence-corrected chi connectivity index (χ2v) is 15.3. The summed E-state index contributed by atoms with van der Waals surface area (Å²) in [4.78, 5) is 12.4. The van der Waals surface area contributed by atoms with E-state index in [1.807, 2.05) is 6.08 Å². The minimum absolute atomic E-state index is 0.360. The van der Waals surface area contributed by atoms with E-state index in [0.29, 0.717) is 6.42 Å². The summed E-state index contributed by atoms with van der Waals surface area (Å²) < 4.78 is 0. The number of hydrogen-bond donors (Lipinski definition) is 4. The van der Waals surface area contributed by atoms with Gasteiger partial charge in [0, 0.05) is 0 Å². The Hall–Kier alpha value is -0.910. The van der Waals surface area contributed by atoms with Crippen LogP contribution in [0.15, 0.2) is 12.2 Å². The van der Waals surface area contributed by atoms with Gasteiger partial charge in [-0.05, 0) is 19.3 Å². The quantitative estimate of drug-likeness (QED) is 0.0380. The smallest absolute Gasteiger partial charge is 0.249 e. The molecule has 1 amide bonds. The van der Waals surface area contributed by atoms with Gasteiger partial charge in [-0.2, -0.15) is 0 Å². The van der Waals surface area contributed by atoms with Crippen LogP contribution in [0, 0.1) is 0 Å². The van der Waals surface area contributed by atoms with Crippen molar-refractivity contribution in [1.29, 1.82) is 0 Å². The molecule has 49 heavy (non-hydrogen) atoms. The Labute approximate surface area is 306 Å². The van der Waals surface area contributed by atoms with Crippen molar-refractivity contribution in [3.63, 3.8) is 0 Å². The number of aliphatic hydroxyl groups is 3. The van der Waals surface area contributed by atoms with Gasteiger partial charge in [-0.15, -0.1) is 0 Å². The third-order valence-electron chi connectivity index (χ3n) is 10.4. The maximum Gasteiger partial charge on any atom is 0.249 e. The van der Waals surface area contributed by atoms with E-state index >= 15 is 0 Å². The van der Waals surface area contributed by atoms with Crippen LogP contribution in [0.4, 0.5) is 0 Å². The van der Waals surface area contributed by atoms with Crippen molar-refractivity contribution in [1.82, 2.24) is 5.32 Å². The second-order valence-electron chi connectivity index (χ2n) is 15.3. The Morgan fingerprint density at radius 3 is 1.12 bits per heavy atom. The number of carbonyl (C=O) groups is 1. The summed E-state index contributed by atoms with van der Waals surface area (Å²) in [5.41, 5.74) is 0. The fraction of sp³-hybridized carbons (Fsp3) is 0.932. The number of allylic oxidation sites excluding steroid dienone is 1. The minimum atomic E-state index is -1.09. The maximum absolute atomic E-state index is 12.4. The zero-order valence-corrected chi connectivity index (χ0v) is 33.1. The van der Waals surface area contributed by atoms with Crippen molar-refractivity contribution < 1.29 is 20.1 Å². The standard InChI is InChI=1S/C44H87NO4/c1-3-5-7-9-11-13-15-16-17-18-19-20-21-22-23-24-25-26-27-28-29-31-33-35-37-39-43(48)44(49)45-41(40-46)42(47)38-36-34-32-30-14-12-10-8-6-4-2/h36,38,41-43,46-48H,3-35,37,39-40H2,1-2H3,(H,45,49)/b38-36+. The van der Waals surface area contributed by atoms with Crippen LogP contribution in [-0.2, 0) is 4.79 Å². The summed E-state index contributed by atoms with van der Waals surface area (Å²) in [6.07, 6.45) is 46.9. The summed E-state index contributed by atoms with van der Waals surface area (Å²) in [5.74, 6) is -0.501. The first-order chi connectivity index (χ1) is 24.1. The number of rotatable bonds is 40. The molecule has 0 spiro atoms. The molecule has 5 heteroatoms. The largest absolute Gasteiger partial charge is 0.394 e. The average Bonchev–Trinajstić information content (AvgIpc) is 3.11. The van der Waals surface area contributed by atoms with E-state index in [2.05, 4.69) is 19.2 Å². The monoisotopic (exact) mass is 694 g/mol. The molecule has 0 saturated heterocycles. The highest BCUT2D eigenvalue weighted by Gasteiger charge is 2.22. The lowest BCUT2D eigenvalue weighted by atomic mass is 10.0. The SMILES string of the molecule is CCCCCCCCCC/C=C/C(O)C(CO)NC(=O)C(O)CCCCCCCCCCCCCCCCCCCCCCCCCCC. The van der Waals surface area contributed by atoms with E-state index in [4.69, 9.17) is 0 Å². The number of carbonyl (C=O) groups excluding carboxylic acids is 1. The lowest BCUT2D eigenvalue weighted by Gasteiger charge is -2.21. The van der Waals surface area contributed by atoms with Crippen LogP contribution >= 0.6 is 0 Å². The number of aliphatic hydroxyl groups excluding tert-OH is 3. The highest BCUT2D eigenvalue weighted by molar-refractivity contribution is 5.80. The Bertz CT molecular complexity index is 684. The first-order valence-corrected chi connectivity index (χ1v) is 22.0. The Morgan fingerprint density at radius 2 is 0.796 bits per heavy atom. The molecule has 0 aliphatic rings. The molecule has 0 bridgehead atoms. The lowest BCUT2D eigenvalue weighted by Crippen LogP contribution is -2.48. The van der Waals surface area contributed by atoms with Crippen molar-refractivity contribution in [3.8, 4) is 0 Å². The predicted molar refractivity (Wildman–Crippen MR) is 213 cm³/mol. The number of amides is 1. The predicted octanol–water partition coefficient (Wildman–Crippen LogP) is 12.4. The van der Waals surface area contributed by atoms with Crippen LogP contribution in [0.25, 0.3) is 0 Å².